The first kappa shape index (κ1) is 14.4. The Bertz CT molecular complexity index is 558. The molecule has 0 atom stereocenters. The van der Waals surface area contributed by atoms with Crippen LogP contribution in [0.1, 0.15) is 28.9 Å². The van der Waals surface area contributed by atoms with Gasteiger partial charge in [-0.25, -0.2) is 0 Å². The second kappa shape index (κ2) is 6.94. The summed E-state index contributed by atoms with van der Waals surface area (Å²) in [7, 11) is 0. The lowest BCUT2D eigenvalue weighted by molar-refractivity contribution is -0.120. The molecule has 1 aromatic carbocycles. The maximum atomic E-state index is 11.9. The number of carbonyl (C=O) groups excluding carboxylic acids is 1. The monoisotopic (exact) mass is 271 g/mol. The highest BCUT2D eigenvalue weighted by atomic mass is 16.3. The number of aryl methyl sites for hydroxylation is 3. The lowest BCUT2D eigenvalue weighted by Crippen LogP contribution is -2.26. The van der Waals surface area contributed by atoms with Crippen molar-refractivity contribution in [1.29, 1.82) is 0 Å². The van der Waals surface area contributed by atoms with Crippen LogP contribution in [0.3, 0.4) is 0 Å². The van der Waals surface area contributed by atoms with Crippen LogP contribution < -0.4 is 5.32 Å². The minimum absolute atomic E-state index is 0.0800. The van der Waals surface area contributed by atoms with Gasteiger partial charge in [0.1, 0.15) is 5.76 Å². The lowest BCUT2D eigenvalue weighted by atomic mass is 10.0. The maximum Gasteiger partial charge on any atom is 0.224 e. The fraction of sp³-hybridized carbons (Fsp3) is 0.353. The molecule has 1 N–H and O–H groups in total. The highest BCUT2D eigenvalue weighted by Crippen LogP contribution is 2.11. The molecule has 0 fully saturated rings. The third-order valence-corrected chi connectivity index (χ3v) is 3.35. The number of amides is 1. The SMILES string of the molecule is Cc1ccc(CC(=O)NCCCc2ccco2)c(C)c1. The van der Waals surface area contributed by atoms with Crippen LogP contribution in [0.15, 0.2) is 41.0 Å². The Morgan fingerprint density at radius 2 is 2.10 bits per heavy atom. The molecular weight excluding hydrogens is 250 g/mol. The van der Waals surface area contributed by atoms with E-state index < -0.39 is 0 Å². The smallest absolute Gasteiger partial charge is 0.224 e. The van der Waals surface area contributed by atoms with Crippen molar-refractivity contribution in [2.24, 2.45) is 0 Å². The maximum absolute atomic E-state index is 11.9. The van der Waals surface area contributed by atoms with Gasteiger partial charge in [0.2, 0.25) is 5.91 Å². The number of furan rings is 1. The molecule has 0 aliphatic rings. The number of benzene rings is 1. The highest BCUT2D eigenvalue weighted by molar-refractivity contribution is 5.78. The third-order valence-electron chi connectivity index (χ3n) is 3.35. The van der Waals surface area contributed by atoms with E-state index in [-0.39, 0.29) is 5.91 Å². The molecule has 3 nitrogen and oxygen atoms in total. The van der Waals surface area contributed by atoms with E-state index in [9.17, 15) is 4.79 Å². The van der Waals surface area contributed by atoms with Gasteiger partial charge in [-0.1, -0.05) is 23.8 Å². The Hall–Kier alpha value is -2.03. The average Bonchev–Trinajstić information content (AvgIpc) is 2.91. The molecule has 0 bridgehead atoms. The molecule has 0 aliphatic heterocycles. The van der Waals surface area contributed by atoms with Crippen molar-refractivity contribution in [2.45, 2.75) is 33.1 Å². The summed E-state index contributed by atoms with van der Waals surface area (Å²) in [5.41, 5.74) is 3.50. The van der Waals surface area contributed by atoms with Gasteiger partial charge in [0.25, 0.3) is 0 Å². The van der Waals surface area contributed by atoms with E-state index >= 15 is 0 Å². The first-order chi connectivity index (χ1) is 9.65. The fourth-order valence-corrected chi connectivity index (χ4v) is 2.22. The number of hydrogen-bond acceptors (Lipinski definition) is 2. The van der Waals surface area contributed by atoms with E-state index in [1.54, 1.807) is 6.26 Å². The fourth-order valence-electron chi connectivity index (χ4n) is 2.22. The average molecular weight is 271 g/mol. The minimum Gasteiger partial charge on any atom is -0.469 e. The van der Waals surface area contributed by atoms with E-state index in [1.165, 1.54) is 11.1 Å². The predicted octanol–water partition coefficient (Wildman–Crippen LogP) is 3.19. The molecule has 0 saturated carbocycles. The molecule has 1 heterocycles. The molecule has 3 heteroatoms. The van der Waals surface area contributed by atoms with Crippen LogP contribution in [0.4, 0.5) is 0 Å². The van der Waals surface area contributed by atoms with E-state index in [1.807, 2.05) is 31.2 Å². The van der Waals surface area contributed by atoms with E-state index in [2.05, 4.69) is 18.3 Å². The first-order valence-electron chi connectivity index (χ1n) is 7.00. The molecule has 0 aliphatic carbocycles. The lowest BCUT2D eigenvalue weighted by Gasteiger charge is -2.08. The van der Waals surface area contributed by atoms with Crippen molar-refractivity contribution in [1.82, 2.24) is 5.32 Å². The van der Waals surface area contributed by atoms with Gasteiger partial charge in [0.15, 0.2) is 0 Å². The molecular formula is C17H21NO2. The van der Waals surface area contributed by atoms with Crippen LogP contribution in [-0.4, -0.2) is 12.5 Å². The molecule has 2 rings (SSSR count). The zero-order chi connectivity index (χ0) is 14.4. The molecule has 1 aromatic heterocycles. The zero-order valence-electron chi connectivity index (χ0n) is 12.1. The standard InChI is InChI=1S/C17H21NO2/c1-13-7-8-15(14(2)11-13)12-17(19)18-9-3-5-16-6-4-10-20-16/h4,6-8,10-11H,3,5,9,12H2,1-2H3,(H,18,19). The van der Waals surface area contributed by atoms with Gasteiger partial charge < -0.3 is 9.73 Å². The van der Waals surface area contributed by atoms with Crippen LogP contribution in [-0.2, 0) is 17.6 Å². The summed E-state index contributed by atoms with van der Waals surface area (Å²) < 4.78 is 5.25. The minimum atomic E-state index is 0.0800. The summed E-state index contributed by atoms with van der Waals surface area (Å²) in [5, 5.41) is 2.95. The Morgan fingerprint density at radius 1 is 1.25 bits per heavy atom. The second-order valence-electron chi connectivity index (χ2n) is 5.14. The van der Waals surface area contributed by atoms with Crippen molar-refractivity contribution < 1.29 is 9.21 Å². The zero-order valence-corrected chi connectivity index (χ0v) is 12.1. The van der Waals surface area contributed by atoms with Crippen molar-refractivity contribution in [3.8, 4) is 0 Å². The van der Waals surface area contributed by atoms with Crippen LogP contribution in [0.5, 0.6) is 0 Å². The topological polar surface area (TPSA) is 42.2 Å². The second-order valence-corrected chi connectivity index (χ2v) is 5.14. The van der Waals surface area contributed by atoms with Gasteiger partial charge >= 0.3 is 0 Å². The Kier molecular flexibility index (Phi) is 4.99. The molecule has 1 amide bonds. The normalized spacial score (nSPS) is 10.5. The highest BCUT2D eigenvalue weighted by Gasteiger charge is 2.05. The van der Waals surface area contributed by atoms with Crippen LogP contribution in [0, 0.1) is 13.8 Å². The van der Waals surface area contributed by atoms with Crippen molar-refractivity contribution in [3.05, 3.63) is 59.0 Å². The molecule has 0 unspecified atom stereocenters. The predicted molar refractivity (Wildman–Crippen MR) is 79.7 cm³/mol. The van der Waals surface area contributed by atoms with E-state index in [0.717, 1.165) is 24.2 Å². The summed E-state index contributed by atoms with van der Waals surface area (Å²) in [6.45, 7) is 4.79. The molecule has 106 valence electrons. The van der Waals surface area contributed by atoms with Crippen LogP contribution in [0.25, 0.3) is 0 Å². The first-order valence-corrected chi connectivity index (χ1v) is 7.00. The van der Waals surface area contributed by atoms with Crippen molar-refractivity contribution in [3.63, 3.8) is 0 Å². The van der Waals surface area contributed by atoms with Crippen LogP contribution in [0.2, 0.25) is 0 Å². The summed E-state index contributed by atoms with van der Waals surface area (Å²) in [6, 6.07) is 10.0. The quantitative estimate of drug-likeness (QED) is 0.820. The molecule has 2 aromatic rings. The van der Waals surface area contributed by atoms with Crippen molar-refractivity contribution in [2.75, 3.05) is 6.54 Å². The van der Waals surface area contributed by atoms with Gasteiger partial charge in [-0.3, -0.25) is 4.79 Å². The molecule has 0 radical (unpaired) electrons. The van der Waals surface area contributed by atoms with Gasteiger partial charge in [-0.15, -0.1) is 0 Å². The summed E-state index contributed by atoms with van der Waals surface area (Å²) in [5.74, 6) is 1.05. The number of nitrogens with one attached hydrogen (secondary N) is 1. The summed E-state index contributed by atoms with van der Waals surface area (Å²) in [4.78, 5) is 11.9. The molecule has 20 heavy (non-hydrogen) atoms. The largest absolute Gasteiger partial charge is 0.469 e. The van der Waals surface area contributed by atoms with Gasteiger partial charge in [-0.05, 0) is 43.5 Å². The Labute approximate surface area is 120 Å². The van der Waals surface area contributed by atoms with Gasteiger partial charge in [0.05, 0.1) is 12.7 Å². The number of hydrogen-bond donors (Lipinski definition) is 1. The third kappa shape index (κ3) is 4.26. The Balaban J connectivity index is 1.72. The summed E-state index contributed by atoms with van der Waals surface area (Å²) in [6.07, 6.45) is 3.88. The molecule has 0 spiro atoms. The summed E-state index contributed by atoms with van der Waals surface area (Å²) >= 11 is 0. The Morgan fingerprint density at radius 3 is 2.80 bits per heavy atom. The van der Waals surface area contributed by atoms with E-state index in [4.69, 9.17) is 4.42 Å². The van der Waals surface area contributed by atoms with Gasteiger partial charge in [0, 0.05) is 13.0 Å². The number of carbonyl (C=O) groups is 1. The van der Waals surface area contributed by atoms with Crippen molar-refractivity contribution >= 4 is 5.91 Å². The number of rotatable bonds is 6. The van der Waals surface area contributed by atoms with E-state index in [0.29, 0.717) is 13.0 Å². The van der Waals surface area contributed by atoms with Crippen LogP contribution >= 0.6 is 0 Å². The van der Waals surface area contributed by atoms with Gasteiger partial charge in [-0.2, -0.15) is 0 Å². The molecule has 0 saturated heterocycles.